The number of hydrogen-bond acceptors (Lipinski definition) is 4. The molecule has 3 rings (SSSR count). The molecule has 3 aromatic carbocycles. The van der Waals surface area contributed by atoms with Gasteiger partial charge in [0.1, 0.15) is 6.04 Å². The molecule has 9 heteroatoms. The number of sulfonamides is 1. The van der Waals surface area contributed by atoms with Gasteiger partial charge in [-0.25, -0.2) is 13.2 Å². The number of aryl methyl sites for hydroxylation is 3. The van der Waals surface area contributed by atoms with Gasteiger partial charge >= 0.3 is 12.0 Å². The zero-order valence-electron chi connectivity index (χ0n) is 21.6. The highest BCUT2D eigenvalue weighted by Gasteiger charge is 2.28. The number of nitrogens with one attached hydrogen (secondary N) is 3. The fourth-order valence-corrected chi connectivity index (χ4v) is 5.93. The summed E-state index contributed by atoms with van der Waals surface area (Å²) in [5.41, 5.74) is 5.12. The van der Waals surface area contributed by atoms with Crippen LogP contribution in [0.15, 0.2) is 65.6 Å². The largest absolute Gasteiger partial charge is 0.480 e. The van der Waals surface area contributed by atoms with Crippen molar-refractivity contribution >= 4 is 27.7 Å². The van der Waals surface area contributed by atoms with Crippen LogP contribution in [0.3, 0.4) is 0 Å². The Kier molecular flexibility index (Phi) is 8.73. The number of amides is 2. The van der Waals surface area contributed by atoms with Crippen molar-refractivity contribution in [3.63, 3.8) is 0 Å². The molecule has 0 spiro atoms. The van der Waals surface area contributed by atoms with E-state index in [1.807, 2.05) is 51.1 Å². The number of rotatable bonds is 9. The maximum absolute atomic E-state index is 13.1. The molecule has 0 unspecified atom stereocenters. The van der Waals surface area contributed by atoms with Gasteiger partial charge < -0.3 is 15.7 Å². The second-order valence-corrected chi connectivity index (χ2v) is 11.1. The predicted molar refractivity (Wildman–Crippen MR) is 145 cm³/mol. The average molecular weight is 524 g/mol. The van der Waals surface area contributed by atoms with Crippen LogP contribution in [-0.2, 0) is 21.2 Å². The van der Waals surface area contributed by atoms with E-state index in [4.69, 9.17) is 0 Å². The summed E-state index contributed by atoms with van der Waals surface area (Å²) in [6.45, 7) is 9.03. The zero-order valence-corrected chi connectivity index (χ0v) is 22.4. The fourth-order valence-electron chi connectivity index (χ4n) is 4.29. The van der Waals surface area contributed by atoms with E-state index in [2.05, 4.69) is 15.4 Å². The highest BCUT2D eigenvalue weighted by Crippen LogP contribution is 2.25. The van der Waals surface area contributed by atoms with Crippen LogP contribution in [0.4, 0.5) is 10.5 Å². The Bertz CT molecular complexity index is 1380. The number of urea groups is 1. The van der Waals surface area contributed by atoms with E-state index in [0.29, 0.717) is 22.4 Å². The Labute approximate surface area is 218 Å². The minimum atomic E-state index is -4.05. The Morgan fingerprint density at radius 3 is 2.08 bits per heavy atom. The van der Waals surface area contributed by atoms with Gasteiger partial charge in [-0.15, -0.1) is 0 Å². The smallest absolute Gasteiger partial charge is 0.322 e. The van der Waals surface area contributed by atoms with Crippen LogP contribution in [0.2, 0.25) is 0 Å². The predicted octanol–water partition coefficient (Wildman–Crippen LogP) is 4.78. The quantitative estimate of drug-likeness (QED) is 0.321. The molecule has 0 saturated heterocycles. The number of carboxylic acids is 1. The molecule has 0 aliphatic heterocycles. The molecule has 0 aliphatic carbocycles. The van der Waals surface area contributed by atoms with Crippen LogP contribution in [0, 0.1) is 20.8 Å². The molecule has 0 saturated carbocycles. The lowest BCUT2D eigenvalue weighted by molar-refractivity contribution is -0.138. The van der Waals surface area contributed by atoms with Gasteiger partial charge in [-0.3, -0.25) is 4.79 Å². The van der Waals surface area contributed by atoms with Crippen LogP contribution in [-0.4, -0.2) is 37.6 Å². The van der Waals surface area contributed by atoms with Crippen LogP contribution in [0.1, 0.15) is 36.1 Å². The summed E-state index contributed by atoms with van der Waals surface area (Å²) in [4.78, 5) is 24.1. The van der Waals surface area contributed by atoms with E-state index in [9.17, 15) is 23.1 Å². The molecular formula is C28H33N3O5S. The lowest BCUT2D eigenvalue weighted by atomic mass is 10.0. The van der Waals surface area contributed by atoms with E-state index in [-0.39, 0.29) is 23.4 Å². The molecular weight excluding hydrogens is 490 g/mol. The summed E-state index contributed by atoms with van der Waals surface area (Å²) in [6.07, 6.45) is -0.0181. The van der Waals surface area contributed by atoms with Crippen LogP contribution in [0.5, 0.6) is 0 Å². The maximum atomic E-state index is 13.1. The number of benzene rings is 3. The first kappa shape index (κ1) is 27.9. The van der Waals surface area contributed by atoms with Gasteiger partial charge in [0.05, 0.1) is 4.90 Å². The van der Waals surface area contributed by atoms with Gasteiger partial charge in [-0.05, 0) is 81.0 Å². The van der Waals surface area contributed by atoms with Gasteiger partial charge in [0.25, 0.3) is 0 Å². The van der Waals surface area contributed by atoms with Crippen LogP contribution >= 0.6 is 0 Å². The average Bonchev–Trinajstić information content (AvgIpc) is 2.77. The van der Waals surface area contributed by atoms with Gasteiger partial charge in [0, 0.05) is 11.7 Å². The first-order valence-corrected chi connectivity index (χ1v) is 13.4. The van der Waals surface area contributed by atoms with Crippen molar-refractivity contribution < 1.29 is 23.1 Å². The Hall–Kier alpha value is -3.69. The van der Waals surface area contributed by atoms with Gasteiger partial charge in [-0.1, -0.05) is 54.1 Å². The zero-order chi connectivity index (χ0) is 27.3. The molecule has 3 aromatic rings. The number of anilines is 1. The molecule has 0 aliphatic rings. The van der Waals surface area contributed by atoms with Gasteiger partial charge in [0.2, 0.25) is 10.0 Å². The lowest BCUT2D eigenvalue weighted by Crippen LogP contribution is -2.42. The maximum Gasteiger partial charge on any atom is 0.322 e. The van der Waals surface area contributed by atoms with Crippen LogP contribution < -0.4 is 15.4 Å². The minimum Gasteiger partial charge on any atom is -0.480 e. The molecule has 0 radical (unpaired) electrons. The number of hydrogen-bond donors (Lipinski definition) is 4. The summed E-state index contributed by atoms with van der Waals surface area (Å²) < 4.78 is 28.5. The second-order valence-electron chi connectivity index (χ2n) is 9.47. The van der Waals surface area contributed by atoms with Gasteiger partial charge in [0.15, 0.2) is 0 Å². The fraction of sp³-hybridized carbons (Fsp3) is 0.286. The molecule has 0 heterocycles. The first-order chi connectivity index (χ1) is 17.4. The lowest BCUT2D eigenvalue weighted by Gasteiger charge is -2.18. The molecule has 0 bridgehead atoms. The Morgan fingerprint density at radius 2 is 1.51 bits per heavy atom. The van der Waals surface area contributed by atoms with Crippen molar-refractivity contribution in [1.29, 1.82) is 0 Å². The van der Waals surface area contributed by atoms with E-state index in [1.54, 1.807) is 44.2 Å². The Balaban J connectivity index is 1.76. The van der Waals surface area contributed by atoms with Crippen molar-refractivity contribution in [3.05, 3.63) is 82.9 Å². The molecule has 2 amide bonds. The molecule has 4 N–H and O–H groups in total. The minimum absolute atomic E-state index is 0.0137. The van der Waals surface area contributed by atoms with E-state index >= 15 is 0 Å². The van der Waals surface area contributed by atoms with E-state index < -0.39 is 22.0 Å². The highest BCUT2D eigenvalue weighted by atomic mass is 32.2. The number of aliphatic carboxylic acids is 1. The van der Waals surface area contributed by atoms with E-state index in [0.717, 1.165) is 16.7 Å². The van der Waals surface area contributed by atoms with Crippen molar-refractivity contribution in [2.75, 3.05) is 5.32 Å². The molecule has 1 atom stereocenters. The molecule has 0 fully saturated rings. The third-order valence-electron chi connectivity index (χ3n) is 5.74. The number of carbonyl (C=O) groups is 2. The van der Waals surface area contributed by atoms with Gasteiger partial charge in [-0.2, -0.15) is 4.72 Å². The summed E-state index contributed by atoms with van der Waals surface area (Å²) in [5, 5.41) is 15.3. The summed E-state index contributed by atoms with van der Waals surface area (Å²) >= 11 is 0. The van der Waals surface area contributed by atoms with Crippen molar-refractivity contribution in [3.8, 4) is 11.1 Å². The van der Waals surface area contributed by atoms with Crippen molar-refractivity contribution in [2.24, 2.45) is 0 Å². The van der Waals surface area contributed by atoms with E-state index in [1.165, 1.54) is 0 Å². The second kappa shape index (κ2) is 11.6. The third kappa shape index (κ3) is 7.41. The highest BCUT2D eigenvalue weighted by molar-refractivity contribution is 7.89. The molecule has 8 nitrogen and oxygen atoms in total. The SMILES string of the molecule is Cc1cc(C)c(S(=O)(=O)N[C@@H](Cc2ccc(-c3cccc(NC(=O)NC(C)C)c3)cc2)C(=O)O)c(C)c1. The summed E-state index contributed by atoms with van der Waals surface area (Å²) in [5.74, 6) is -1.26. The summed E-state index contributed by atoms with van der Waals surface area (Å²) in [7, 11) is -4.05. The normalized spacial score (nSPS) is 12.3. The number of carbonyl (C=O) groups excluding carboxylic acids is 1. The number of carboxylic acid groups (broad SMARTS) is 1. The van der Waals surface area contributed by atoms with Crippen molar-refractivity contribution in [2.45, 2.75) is 58.0 Å². The monoisotopic (exact) mass is 523 g/mol. The summed E-state index contributed by atoms with van der Waals surface area (Å²) in [6, 6.07) is 16.5. The standard InChI is InChI=1S/C28H33N3O5S/c1-17(2)29-28(34)30-24-8-6-7-23(16-24)22-11-9-21(10-12-22)15-25(27(32)33)31-37(35,36)26-19(4)13-18(3)14-20(26)5/h6-14,16-17,25,31H,15H2,1-5H3,(H,32,33)(H2,29,30,34)/t25-/m0/s1. The third-order valence-corrected chi connectivity index (χ3v) is 7.51. The topological polar surface area (TPSA) is 125 Å². The molecule has 0 aromatic heterocycles. The molecule has 37 heavy (non-hydrogen) atoms. The van der Waals surface area contributed by atoms with Crippen molar-refractivity contribution in [1.82, 2.24) is 10.0 Å². The first-order valence-electron chi connectivity index (χ1n) is 12.0. The van der Waals surface area contributed by atoms with Crippen LogP contribution in [0.25, 0.3) is 11.1 Å². The molecule has 196 valence electrons. The Morgan fingerprint density at radius 1 is 0.892 bits per heavy atom.